The Labute approximate surface area is 89.9 Å². The Morgan fingerprint density at radius 1 is 1.06 bits per heavy atom. The zero-order valence-corrected chi connectivity index (χ0v) is 8.23. The smallest absolute Gasteiger partial charge is 0.321 e. The van der Waals surface area contributed by atoms with Crippen LogP contribution < -0.4 is 0 Å². The van der Waals surface area contributed by atoms with Crippen LogP contribution in [0.15, 0.2) is 0 Å². The number of carbonyl (C=O) groups is 4. The van der Waals surface area contributed by atoms with Crippen LogP contribution in [0.2, 0.25) is 0 Å². The van der Waals surface area contributed by atoms with Crippen molar-refractivity contribution in [2.24, 2.45) is 17.3 Å². The molecule has 0 unspecified atom stereocenters. The first kappa shape index (κ1) is 9.50. The van der Waals surface area contributed by atoms with Crippen LogP contribution in [-0.2, 0) is 28.7 Å². The highest BCUT2D eigenvalue weighted by Crippen LogP contribution is 2.55. The summed E-state index contributed by atoms with van der Waals surface area (Å²) in [6.07, 6.45) is 0.363. The Hall–Kier alpha value is -1.72. The Morgan fingerprint density at radius 2 is 1.81 bits per heavy atom. The first-order chi connectivity index (χ1) is 7.53. The zero-order valence-electron chi connectivity index (χ0n) is 8.23. The molecule has 0 aromatic carbocycles. The highest BCUT2D eigenvalue weighted by Gasteiger charge is 2.65. The first-order valence-corrected chi connectivity index (χ1v) is 5.03. The monoisotopic (exact) mass is 224 g/mol. The number of carbonyl (C=O) groups excluding carboxylic acids is 4. The number of ether oxygens (including phenoxy) is 2. The van der Waals surface area contributed by atoms with Gasteiger partial charge in [0.1, 0.15) is 0 Å². The number of esters is 4. The van der Waals surface area contributed by atoms with Crippen molar-refractivity contribution in [1.29, 1.82) is 0 Å². The minimum Gasteiger partial charge on any atom is -0.393 e. The Balaban J connectivity index is 2.05. The maximum Gasteiger partial charge on any atom is 0.321 e. The minimum atomic E-state index is -1.13. The number of hydrogen-bond donors (Lipinski definition) is 0. The van der Waals surface area contributed by atoms with Gasteiger partial charge in [-0.1, -0.05) is 0 Å². The molecular formula is C10H8O6. The van der Waals surface area contributed by atoms with Gasteiger partial charge in [-0.3, -0.25) is 19.2 Å². The molecule has 1 aliphatic carbocycles. The molecule has 1 spiro atoms. The van der Waals surface area contributed by atoms with E-state index in [0.717, 1.165) is 0 Å². The van der Waals surface area contributed by atoms with Crippen molar-refractivity contribution in [2.45, 2.75) is 19.3 Å². The fourth-order valence-corrected chi connectivity index (χ4v) is 2.92. The topological polar surface area (TPSA) is 86.7 Å². The van der Waals surface area contributed by atoms with E-state index in [1.807, 2.05) is 0 Å². The van der Waals surface area contributed by atoms with Gasteiger partial charge in [-0.25, -0.2) is 0 Å². The molecule has 2 aliphatic heterocycles. The largest absolute Gasteiger partial charge is 0.393 e. The Kier molecular flexibility index (Phi) is 1.60. The number of fused-ring (bicyclic) bond motifs is 3. The lowest BCUT2D eigenvalue weighted by Crippen LogP contribution is -2.37. The quantitative estimate of drug-likeness (QED) is 0.409. The lowest BCUT2D eigenvalue weighted by Gasteiger charge is -2.23. The van der Waals surface area contributed by atoms with E-state index in [9.17, 15) is 19.2 Å². The summed E-state index contributed by atoms with van der Waals surface area (Å²) in [5, 5.41) is 0. The van der Waals surface area contributed by atoms with E-state index in [0.29, 0.717) is 6.42 Å². The molecule has 0 N–H and O–H groups in total. The predicted molar refractivity (Wildman–Crippen MR) is 45.5 cm³/mol. The lowest BCUT2D eigenvalue weighted by atomic mass is 9.76. The molecule has 2 saturated heterocycles. The van der Waals surface area contributed by atoms with Gasteiger partial charge < -0.3 is 9.47 Å². The van der Waals surface area contributed by atoms with Crippen LogP contribution in [-0.4, -0.2) is 23.9 Å². The molecule has 0 amide bonds. The van der Waals surface area contributed by atoms with E-state index in [2.05, 4.69) is 9.47 Å². The average molecular weight is 224 g/mol. The fraction of sp³-hybridized carbons (Fsp3) is 0.600. The van der Waals surface area contributed by atoms with Crippen LogP contribution in [0.3, 0.4) is 0 Å². The molecule has 84 valence electrons. The van der Waals surface area contributed by atoms with Gasteiger partial charge in [0.2, 0.25) is 0 Å². The molecule has 2 bridgehead atoms. The lowest BCUT2D eigenvalue weighted by molar-refractivity contribution is -0.172. The van der Waals surface area contributed by atoms with Crippen LogP contribution in [0, 0.1) is 17.3 Å². The minimum absolute atomic E-state index is 0.116. The molecule has 2 heterocycles. The number of cyclic esters (lactones) is 4. The first-order valence-electron chi connectivity index (χ1n) is 5.03. The van der Waals surface area contributed by atoms with E-state index >= 15 is 0 Å². The summed E-state index contributed by atoms with van der Waals surface area (Å²) in [7, 11) is 0. The fourth-order valence-electron chi connectivity index (χ4n) is 2.92. The summed E-state index contributed by atoms with van der Waals surface area (Å²) in [5.74, 6) is -3.76. The Morgan fingerprint density at radius 3 is 2.44 bits per heavy atom. The van der Waals surface area contributed by atoms with Gasteiger partial charge in [-0.05, 0) is 12.8 Å². The summed E-state index contributed by atoms with van der Waals surface area (Å²) in [5.41, 5.74) is -1.13. The van der Waals surface area contributed by atoms with Gasteiger partial charge >= 0.3 is 23.9 Å². The summed E-state index contributed by atoms with van der Waals surface area (Å²) < 4.78 is 9.04. The molecular weight excluding hydrogens is 216 g/mol. The second-order valence-corrected chi connectivity index (χ2v) is 4.52. The molecule has 0 aromatic heterocycles. The van der Waals surface area contributed by atoms with E-state index in [-0.39, 0.29) is 12.8 Å². The normalized spacial score (nSPS) is 41.5. The van der Waals surface area contributed by atoms with Crippen molar-refractivity contribution in [3.63, 3.8) is 0 Å². The van der Waals surface area contributed by atoms with Crippen molar-refractivity contribution in [1.82, 2.24) is 0 Å². The molecule has 16 heavy (non-hydrogen) atoms. The van der Waals surface area contributed by atoms with Gasteiger partial charge in [0.15, 0.2) is 0 Å². The van der Waals surface area contributed by atoms with Crippen molar-refractivity contribution in [3.05, 3.63) is 0 Å². The van der Waals surface area contributed by atoms with Crippen molar-refractivity contribution < 1.29 is 28.7 Å². The molecule has 3 atom stereocenters. The molecule has 3 fully saturated rings. The second-order valence-electron chi connectivity index (χ2n) is 4.52. The van der Waals surface area contributed by atoms with Crippen LogP contribution >= 0.6 is 0 Å². The van der Waals surface area contributed by atoms with Crippen LogP contribution in [0.5, 0.6) is 0 Å². The summed E-state index contributed by atoms with van der Waals surface area (Å²) in [6, 6.07) is 0. The molecule has 0 radical (unpaired) electrons. The summed E-state index contributed by atoms with van der Waals surface area (Å²) >= 11 is 0. The van der Waals surface area contributed by atoms with E-state index < -0.39 is 41.1 Å². The van der Waals surface area contributed by atoms with Crippen LogP contribution in [0.1, 0.15) is 19.3 Å². The summed E-state index contributed by atoms with van der Waals surface area (Å²) in [6.45, 7) is 0. The van der Waals surface area contributed by atoms with E-state index in [1.54, 1.807) is 0 Å². The Bertz CT molecular complexity index is 439. The average Bonchev–Trinajstić information content (AvgIpc) is 2.66. The number of rotatable bonds is 0. The van der Waals surface area contributed by atoms with Crippen molar-refractivity contribution in [2.75, 3.05) is 0 Å². The van der Waals surface area contributed by atoms with Gasteiger partial charge in [0.25, 0.3) is 0 Å². The molecule has 3 rings (SSSR count). The van der Waals surface area contributed by atoms with Crippen molar-refractivity contribution >= 4 is 23.9 Å². The zero-order chi connectivity index (χ0) is 11.5. The van der Waals surface area contributed by atoms with Crippen LogP contribution in [0.4, 0.5) is 0 Å². The van der Waals surface area contributed by atoms with Gasteiger partial charge in [0.05, 0.1) is 23.7 Å². The maximum atomic E-state index is 11.6. The predicted octanol–water partition coefficient (Wildman–Crippen LogP) is -0.444. The third-order valence-electron chi connectivity index (χ3n) is 3.69. The molecule has 0 aromatic rings. The van der Waals surface area contributed by atoms with E-state index in [1.165, 1.54) is 0 Å². The van der Waals surface area contributed by atoms with Gasteiger partial charge in [-0.15, -0.1) is 0 Å². The maximum absolute atomic E-state index is 11.6. The van der Waals surface area contributed by atoms with Gasteiger partial charge in [-0.2, -0.15) is 0 Å². The second kappa shape index (κ2) is 2.69. The third kappa shape index (κ3) is 0.963. The van der Waals surface area contributed by atoms with E-state index in [4.69, 9.17) is 0 Å². The molecule has 1 saturated carbocycles. The third-order valence-corrected chi connectivity index (χ3v) is 3.69. The summed E-state index contributed by atoms with van der Waals surface area (Å²) in [4.78, 5) is 45.6. The highest BCUT2D eigenvalue weighted by molar-refractivity contribution is 6.04. The van der Waals surface area contributed by atoms with Gasteiger partial charge in [0, 0.05) is 0 Å². The molecule has 6 heteroatoms. The van der Waals surface area contributed by atoms with Crippen LogP contribution in [0.25, 0.3) is 0 Å². The standard InChI is InChI=1S/C10H8O6/c11-6-3-10(9(14)15-6)2-4-1-5(10)8(13)16-7(4)12/h4-5H,1-3H2/t4-,5-,10+/m0/s1. The van der Waals surface area contributed by atoms with Crippen molar-refractivity contribution in [3.8, 4) is 0 Å². The molecule has 3 aliphatic rings. The number of hydrogen-bond acceptors (Lipinski definition) is 6. The molecule has 6 nitrogen and oxygen atoms in total. The highest BCUT2D eigenvalue weighted by atomic mass is 16.6. The SMILES string of the molecule is O=C1C[C@@]2(C[C@@H]3C[C@H]2C(=O)OC3=O)C(=O)O1.